The first-order valence-corrected chi connectivity index (χ1v) is 6.54. The quantitative estimate of drug-likeness (QED) is 0.692. The van der Waals surface area contributed by atoms with Crippen molar-refractivity contribution in [2.45, 2.75) is 6.54 Å². The van der Waals surface area contributed by atoms with E-state index in [-0.39, 0.29) is 13.0 Å². The summed E-state index contributed by atoms with van der Waals surface area (Å²) in [5.74, 6) is -0.947. The molecule has 6 heteroatoms. The topological polar surface area (TPSA) is 75.3 Å². The zero-order valence-electron chi connectivity index (χ0n) is 11.2. The Hall–Kier alpha value is -2.60. The average molecular weight is 280 g/mol. The second-order valence-corrected chi connectivity index (χ2v) is 4.86. The van der Waals surface area contributed by atoms with Crippen LogP contribution in [0.4, 0.5) is 0 Å². The predicted octanol–water partition coefficient (Wildman–Crippen LogP) is 0.752. The second-order valence-electron chi connectivity index (χ2n) is 4.86. The summed E-state index contributed by atoms with van der Waals surface area (Å²) in [5, 5.41) is 18.1. The maximum atomic E-state index is 11.1. The lowest BCUT2D eigenvalue weighted by Gasteiger charge is -2.06. The third kappa shape index (κ3) is 2.66. The molecule has 1 heterocycles. The van der Waals surface area contributed by atoms with Gasteiger partial charge in [-0.25, -0.2) is 9.78 Å². The van der Waals surface area contributed by atoms with Gasteiger partial charge in [-0.2, -0.15) is 0 Å². The summed E-state index contributed by atoms with van der Waals surface area (Å²) in [6, 6.07) is 12.5. The van der Waals surface area contributed by atoms with Gasteiger partial charge >= 0.3 is 13.5 Å². The molecule has 0 aliphatic rings. The van der Waals surface area contributed by atoms with Crippen LogP contribution >= 0.6 is 0 Å². The molecule has 0 radical (unpaired) electrons. The Morgan fingerprint density at radius 2 is 1.95 bits per heavy atom. The van der Waals surface area contributed by atoms with Gasteiger partial charge in [0, 0.05) is 6.54 Å². The van der Waals surface area contributed by atoms with Gasteiger partial charge < -0.3 is 14.7 Å². The fourth-order valence-corrected chi connectivity index (χ4v) is 2.26. The number of carbonyl (C=O) groups is 1. The van der Waals surface area contributed by atoms with Crippen LogP contribution < -0.4 is 5.46 Å². The molecule has 0 aliphatic carbocycles. The van der Waals surface area contributed by atoms with Crippen molar-refractivity contribution in [3.8, 4) is 0 Å². The van der Waals surface area contributed by atoms with Gasteiger partial charge in [0.15, 0.2) is 0 Å². The van der Waals surface area contributed by atoms with Gasteiger partial charge in [0.1, 0.15) is 0 Å². The summed E-state index contributed by atoms with van der Waals surface area (Å²) >= 11 is 0. The number of aromatic nitrogens is 2. The van der Waals surface area contributed by atoms with Crippen LogP contribution in [0.1, 0.15) is 15.9 Å². The molecule has 0 saturated carbocycles. The van der Waals surface area contributed by atoms with Crippen LogP contribution in [-0.2, 0) is 6.54 Å². The fourth-order valence-electron chi connectivity index (χ4n) is 2.26. The van der Waals surface area contributed by atoms with Crippen molar-refractivity contribution in [2.75, 3.05) is 0 Å². The molecule has 2 aromatic carbocycles. The van der Waals surface area contributed by atoms with Gasteiger partial charge in [-0.15, -0.1) is 0 Å². The molecule has 0 atom stereocenters. The van der Waals surface area contributed by atoms with Crippen molar-refractivity contribution in [1.29, 1.82) is 0 Å². The summed E-state index contributed by atoms with van der Waals surface area (Å²) in [4.78, 5) is 15.3. The highest BCUT2D eigenvalue weighted by atomic mass is 16.4. The summed E-state index contributed by atoms with van der Waals surface area (Å²) < 4.78 is 1.91. The molecular formula is C15H13BN2O3. The highest BCUT2D eigenvalue weighted by Gasteiger charge is 2.08. The number of carboxylic acids is 1. The van der Waals surface area contributed by atoms with Crippen LogP contribution in [-0.4, -0.2) is 33.1 Å². The number of carboxylic acid groups (broad SMARTS) is 1. The Labute approximate surface area is 121 Å². The number of aromatic carboxylic acids is 1. The van der Waals surface area contributed by atoms with Crippen LogP contribution in [0.25, 0.3) is 11.0 Å². The summed E-state index contributed by atoms with van der Waals surface area (Å²) in [6.45, 7) is 0.602. The molecule has 5 nitrogen and oxygen atoms in total. The Kier molecular flexibility index (Phi) is 3.45. The smallest absolute Gasteiger partial charge is 0.335 e. The van der Waals surface area contributed by atoms with E-state index in [0.717, 1.165) is 22.1 Å². The van der Waals surface area contributed by atoms with E-state index in [1.807, 2.05) is 28.8 Å². The molecule has 0 bridgehead atoms. The molecule has 3 aromatic rings. The van der Waals surface area contributed by atoms with Gasteiger partial charge in [0.05, 0.1) is 22.9 Å². The second kappa shape index (κ2) is 5.42. The Bertz CT molecular complexity index is 796. The molecule has 0 spiro atoms. The standard InChI is InChI=1S/C15H13BN2O3/c19-15(20)11-3-6-13-14(7-11)18(9-17-13)8-10-1-4-12(16-21)5-2-10/h1-7,9,16,21H,8H2,(H,19,20). The molecule has 1 aromatic heterocycles. The van der Waals surface area contributed by atoms with E-state index in [1.54, 1.807) is 24.5 Å². The Balaban J connectivity index is 1.95. The molecule has 104 valence electrons. The van der Waals surface area contributed by atoms with Crippen LogP contribution in [0.5, 0.6) is 0 Å². The van der Waals surface area contributed by atoms with Crippen molar-refractivity contribution in [3.05, 3.63) is 59.9 Å². The maximum Gasteiger partial charge on any atom is 0.335 e. The van der Waals surface area contributed by atoms with E-state index < -0.39 is 5.97 Å². The number of hydrogen-bond acceptors (Lipinski definition) is 3. The molecule has 0 aliphatic heterocycles. The number of imidazole rings is 1. The first-order chi connectivity index (χ1) is 10.2. The van der Waals surface area contributed by atoms with Crippen LogP contribution in [0.3, 0.4) is 0 Å². The van der Waals surface area contributed by atoms with Crippen molar-refractivity contribution in [2.24, 2.45) is 0 Å². The van der Waals surface area contributed by atoms with Gasteiger partial charge in [-0.1, -0.05) is 29.7 Å². The number of fused-ring (bicyclic) bond motifs is 1. The van der Waals surface area contributed by atoms with Crippen molar-refractivity contribution < 1.29 is 14.9 Å². The van der Waals surface area contributed by atoms with Crippen molar-refractivity contribution >= 4 is 29.9 Å². The number of rotatable bonds is 4. The van der Waals surface area contributed by atoms with E-state index in [1.165, 1.54) is 0 Å². The molecular weight excluding hydrogens is 267 g/mol. The summed E-state index contributed by atoms with van der Waals surface area (Å²) in [6.07, 6.45) is 1.70. The molecule has 0 unspecified atom stereocenters. The number of benzene rings is 2. The van der Waals surface area contributed by atoms with Crippen LogP contribution in [0.15, 0.2) is 48.8 Å². The third-order valence-electron chi connectivity index (χ3n) is 3.43. The predicted molar refractivity (Wildman–Crippen MR) is 81.2 cm³/mol. The van der Waals surface area contributed by atoms with E-state index in [2.05, 4.69) is 4.98 Å². The van der Waals surface area contributed by atoms with Gasteiger partial charge in [0.25, 0.3) is 0 Å². The average Bonchev–Trinajstić information content (AvgIpc) is 2.90. The van der Waals surface area contributed by atoms with Crippen molar-refractivity contribution in [1.82, 2.24) is 9.55 Å². The molecule has 0 amide bonds. The third-order valence-corrected chi connectivity index (χ3v) is 3.43. The largest absolute Gasteiger partial charge is 0.478 e. The summed E-state index contributed by atoms with van der Waals surface area (Å²) in [7, 11) is 0.0241. The minimum atomic E-state index is -0.947. The van der Waals surface area contributed by atoms with E-state index in [4.69, 9.17) is 10.1 Å². The highest BCUT2D eigenvalue weighted by molar-refractivity contribution is 6.45. The van der Waals surface area contributed by atoms with Crippen molar-refractivity contribution in [3.63, 3.8) is 0 Å². The zero-order chi connectivity index (χ0) is 14.8. The molecule has 21 heavy (non-hydrogen) atoms. The SMILES string of the molecule is O=C(O)c1ccc2ncn(Cc3ccc(BO)cc3)c2c1. The summed E-state index contributed by atoms with van der Waals surface area (Å²) in [5.41, 5.74) is 3.74. The minimum Gasteiger partial charge on any atom is -0.478 e. The van der Waals surface area contributed by atoms with Gasteiger partial charge in [-0.05, 0) is 23.8 Å². The lowest BCUT2D eigenvalue weighted by atomic mass is 9.88. The van der Waals surface area contributed by atoms with Crippen LogP contribution in [0.2, 0.25) is 0 Å². The van der Waals surface area contributed by atoms with E-state index >= 15 is 0 Å². The highest BCUT2D eigenvalue weighted by Crippen LogP contribution is 2.16. The van der Waals surface area contributed by atoms with Gasteiger partial charge in [-0.3, -0.25) is 0 Å². The van der Waals surface area contributed by atoms with Gasteiger partial charge in [0.2, 0.25) is 0 Å². The molecule has 2 N–H and O–H groups in total. The number of nitrogens with zero attached hydrogens (tertiary/aromatic N) is 2. The molecule has 3 rings (SSSR count). The minimum absolute atomic E-state index is 0.0241. The van der Waals surface area contributed by atoms with Crippen LogP contribution in [0, 0.1) is 0 Å². The molecule has 0 saturated heterocycles. The fraction of sp³-hybridized carbons (Fsp3) is 0.0667. The first-order valence-electron chi connectivity index (χ1n) is 6.54. The number of hydrogen-bond donors (Lipinski definition) is 2. The maximum absolute atomic E-state index is 11.1. The molecule has 0 fully saturated rings. The first kappa shape index (κ1) is 13.4. The monoisotopic (exact) mass is 280 g/mol. The lowest BCUT2D eigenvalue weighted by Crippen LogP contribution is -2.12. The lowest BCUT2D eigenvalue weighted by molar-refractivity contribution is 0.0697. The Morgan fingerprint density at radius 1 is 1.19 bits per heavy atom. The Morgan fingerprint density at radius 3 is 2.62 bits per heavy atom. The van der Waals surface area contributed by atoms with E-state index in [9.17, 15) is 4.79 Å². The normalized spacial score (nSPS) is 10.7. The van der Waals surface area contributed by atoms with E-state index in [0.29, 0.717) is 6.54 Å². The zero-order valence-corrected chi connectivity index (χ0v) is 11.2.